The van der Waals surface area contributed by atoms with Gasteiger partial charge in [0, 0.05) is 49.2 Å². The number of rotatable bonds is 7. The predicted octanol–water partition coefficient (Wildman–Crippen LogP) is 6.08. The van der Waals surface area contributed by atoms with Crippen LogP contribution in [-0.4, -0.2) is 37.1 Å². The summed E-state index contributed by atoms with van der Waals surface area (Å²) in [7, 11) is -1.35. The van der Waals surface area contributed by atoms with Gasteiger partial charge >= 0.3 is 0 Å². The van der Waals surface area contributed by atoms with E-state index in [9.17, 15) is 17.8 Å². The minimum absolute atomic E-state index is 0.0906. The zero-order valence-corrected chi connectivity index (χ0v) is 21.2. The number of ketones is 1. The van der Waals surface area contributed by atoms with Crippen molar-refractivity contribution in [3.8, 4) is 22.9 Å². The smallest absolute Gasteiger partial charge is 0.248 e. The lowest BCUT2D eigenvalue weighted by molar-refractivity contribution is -0.123. The highest BCUT2D eigenvalue weighted by Crippen LogP contribution is 2.41. The van der Waals surface area contributed by atoms with Gasteiger partial charge in [0.25, 0.3) is 0 Å². The maximum atomic E-state index is 13.7. The van der Waals surface area contributed by atoms with Crippen molar-refractivity contribution in [3.63, 3.8) is 0 Å². The van der Waals surface area contributed by atoms with Crippen LogP contribution in [0.1, 0.15) is 30.4 Å². The van der Waals surface area contributed by atoms with E-state index in [1.807, 2.05) is 43.3 Å². The highest BCUT2D eigenvalue weighted by molar-refractivity contribution is 7.84. The second kappa shape index (κ2) is 10.0. The van der Waals surface area contributed by atoms with Gasteiger partial charge in [-0.3, -0.25) is 9.00 Å². The molecule has 0 saturated heterocycles. The summed E-state index contributed by atoms with van der Waals surface area (Å²) in [5, 5.41) is 1.82. The van der Waals surface area contributed by atoms with Crippen LogP contribution in [0.4, 0.5) is 8.78 Å². The van der Waals surface area contributed by atoms with Crippen LogP contribution in [0.2, 0.25) is 0 Å². The van der Waals surface area contributed by atoms with E-state index >= 15 is 0 Å². The van der Waals surface area contributed by atoms with Crippen LogP contribution in [0.25, 0.3) is 22.0 Å². The predicted molar refractivity (Wildman–Crippen MR) is 137 cm³/mol. The third-order valence-corrected chi connectivity index (χ3v) is 7.37. The van der Waals surface area contributed by atoms with Gasteiger partial charge in [-0.25, -0.2) is 23.7 Å². The van der Waals surface area contributed by atoms with Crippen LogP contribution in [0.15, 0.2) is 66.1 Å². The molecule has 1 aliphatic rings. The van der Waals surface area contributed by atoms with Crippen molar-refractivity contribution in [1.29, 1.82) is 0 Å². The number of hydrogen-bond acceptors (Lipinski definition) is 6. The van der Waals surface area contributed by atoms with E-state index < -0.39 is 22.6 Å². The van der Waals surface area contributed by atoms with Gasteiger partial charge in [-0.1, -0.05) is 30.3 Å². The van der Waals surface area contributed by atoms with Crippen molar-refractivity contribution in [1.82, 2.24) is 15.0 Å². The summed E-state index contributed by atoms with van der Waals surface area (Å²) < 4.78 is 45.6. The second-order valence-electron chi connectivity index (χ2n) is 9.30. The maximum Gasteiger partial charge on any atom is 0.248 e. The van der Waals surface area contributed by atoms with Crippen molar-refractivity contribution < 1.29 is 22.5 Å². The van der Waals surface area contributed by atoms with Gasteiger partial charge < -0.3 is 4.74 Å². The summed E-state index contributed by atoms with van der Waals surface area (Å²) in [6.07, 6.45) is 4.38. The summed E-state index contributed by atoms with van der Waals surface area (Å²) in [5.74, 6) is -2.63. The molecule has 1 fully saturated rings. The molecule has 0 spiro atoms. The van der Waals surface area contributed by atoms with Crippen molar-refractivity contribution in [2.75, 3.05) is 6.26 Å². The Morgan fingerprint density at radius 3 is 2.68 bits per heavy atom. The van der Waals surface area contributed by atoms with Crippen LogP contribution in [0.5, 0.6) is 11.6 Å². The Morgan fingerprint density at radius 1 is 1.08 bits per heavy atom. The third kappa shape index (κ3) is 5.27. The molecule has 2 unspecified atom stereocenters. The van der Waals surface area contributed by atoms with Gasteiger partial charge in [-0.05, 0) is 48.1 Å². The van der Waals surface area contributed by atoms with Gasteiger partial charge in [0.15, 0.2) is 0 Å². The number of ether oxygens (including phenoxy) is 1. The van der Waals surface area contributed by atoms with Gasteiger partial charge in [-0.15, -0.1) is 0 Å². The second-order valence-corrected chi connectivity index (χ2v) is 10.6. The molecule has 1 aliphatic carbocycles. The number of benzene rings is 2. The molecule has 2 aromatic carbocycles. The quantitative estimate of drug-likeness (QED) is 0.274. The zero-order chi connectivity index (χ0) is 26.2. The van der Waals surface area contributed by atoms with Crippen molar-refractivity contribution >= 4 is 27.4 Å². The average Bonchev–Trinajstić information content (AvgIpc) is 3.26. The standard InChI is InChI=1S/C28H25F2N3O3S/c1-17-8-9-20-18(15-24(34)19-10-12-28(29,30)16-19)5-3-6-21(20)25(17)36-26-22(7-4-13-31-26)23-11-14-32-27(33-23)37(2)35/h3-9,11,13-14,19H,10,12,15-16H2,1-2H3. The number of hydrogen-bond donors (Lipinski definition) is 0. The molecule has 37 heavy (non-hydrogen) atoms. The lowest BCUT2D eigenvalue weighted by Crippen LogP contribution is -2.17. The minimum atomic E-state index is -2.76. The lowest BCUT2D eigenvalue weighted by atomic mass is 9.93. The van der Waals surface area contributed by atoms with Crippen LogP contribution in [-0.2, 0) is 22.0 Å². The van der Waals surface area contributed by atoms with Crippen LogP contribution in [0, 0.1) is 12.8 Å². The number of pyridine rings is 1. The molecular weight excluding hydrogens is 496 g/mol. The number of nitrogens with zero attached hydrogens (tertiary/aromatic N) is 3. The molecule has 0 bridgehead atoms. The highest BCUT2D eigenvalue weighted by Gasteiger charge is 2.42. The normalized spacial score (nSPS) is 17.6. The first-order chi connectivity index (χ1) is 17.7. The van der Waals surface area contributed by atoms with Gasteiger partial charge in [0.05, 0.1) is 22.1 Å². The fourth-order valence-corrected chi connectivity index (χ4v) is 5.18. The fraction of sp³-hybridized carbons (Fsp3) is 0.286. The Labute approximate surface area is 215 Å². The molecule has 1 saturated carbocycles. The molecule has 0 radical (unpaired) electrons. The number of aromatic nitrogens is 3. The summed E-state index contributed by atoms with van der Waals surface area (Å²) in [5.41, 5.74) is 2.78. The first kappa shape index (κ1) is 25.1. The van der Waals surface area contributed by atoms with E-state index in [0.29, 0.717) is 22.9 Å². The number of Topliss-reactive ketones (excluding diaryl/α,β-unsaturated/α-hetero) is 1. The molecule has 4 aromatic rings. The van der Waals surface area contributed by atoms with Crippen molar-refractivity contribution in [2.24, 2.45) is 5.92 Å². The van der Waals surface area contributed by atoms with Gasteiger partial charge in [-0.2, -0.15) is 0 Å². The van der Waals surface area contributed by atoms with Gasteiger partial charge in [0.1, 0.15) is 11.5 Å². The van der Waals surface area contributed by atoms with E-state index in [-0.39, 0.29) is 36.6 Å². The van der Waals surface area contributed by atoms with E-state index in [2.05, 4.69) is 15.0 Å². The molecule has 0 aliphatic heterocycles. The molecule has 2 atom stereocenters. The van der Waals surface area contributed by atoms with E-state index in [0.717, 1.165) is 21.9 Å². The average molecular weight is 522 g/mol. The number of halogens is 2. The Kier molecular flexibility index (Phi) is 6.81. The zero-order valence-electron chi connectivity index (χ0n) is 20.4. The first-order valence-electron chi connectivity index (χ1n) is 11.9. The molecular formula is C28H25F2N3O3S. The van der Waals surface area contributed by atoms with E-state index in [1.54, 1.807) is 24.5 Å². The van der Waals surface area contributed by atoms with Crippen molar-refractivity contribution in [3.05, 3.63) is 72.1 Å². The van der Waals surface area contributed by atoms with Gasteiger partial charge in [0.2, 0.25) is 17.0 Å². The Morgan fingerprint density at radius 2 is 1.92 bits per heavy atom. The third-order valence-electron chi connectivity index (χ3n) is 6.66. The lowest BCUT2D eigenvalue weighted by Gasteiger charge is -2.16. The van der Waals surface area contributed by atoms with E-state index in [1.165, 1.54) is 6.26 Å². The fourth-order valence-electron chi connectivity index (χ4n) is 4.74. The van der Waals surface area contributed by atoms with E-state index in [4.69, 9.17) is 4.74 Å². The number of carbonyl (C=O) groups is 1. The molecule has 0 amide bonds. The number of fused-ring (bicyclic) bond motifs is 1. The SMILES string of the molecule is Cc1ccc2c(CC(=O)C3CCC(F)(F)C3)cccc2c1Oc1ncccc1-c1ccnc(S(C)=O)n1. The number of alkyl halides is 2. The maximum absolute atomic E-state index is 13.7. The highest BCUT2D eigenvalue weighted by atomic mass is 32.2. The van der Waals surface area contributed by atoms with Crippen LogP contribution in [0.3, 0.4) is 0 Å². The number of carbonyl (C=O) groups excluding carboxylic acids is 1. The monoisotopic (exact) mass is 521 g/mol. The molecule has 6 nitrogen and oxygen atoms in total. The molecule has 2 aromatic heterocycles. The Bertz CT molecular complexity index is 1530. The van der Waals surface area contributed by atoms with Crippen LogP contribution < -0.4 is 4.74 Å². The minimum Gasteiger partial charge on any atom is -0.437 e. The topological polar surface area (TPSA) is 82.0 Å². The number of aryl methyl sites for hydroxylation is 1. The molecule has 0 N–H and O–H groups in total. The summed E-state index contributed by atoms with van der Waals surface area (Å²) in [6, 6.07) is 14.7. The molecule has 2 heterocycles. The Balaban J connectivity index is 1.50. The Hall–Kier alpha value is -3.59. The van der Waals surface area contributed by atoms with Crippen molar-refractivity contribution in [2.45, 2.75) is 43.7 Å². The largest absolute Gasteiger partial charge is 0.437 e. The summed E-state index contributed by atoms with van der Waals surface area (Å²) in [6.45, 7) is 1.92. The molecule has 190 valence electrons. The van der Waals surface area contributed by atoms with Crippen LogP contribution >= 0.6 is 0 Å². The first-order valence-corrected chi connectivity index (χ1v) is 13.5. The molecule has 5 rings (SSSR count). The summed E-state index contributed by atoms with van der Waals surface area (Å²) in [4.78, 5) is 25.7. The summed E-state index contributed by atoms with van der Waals surface area (Å²) >= 11 is 0. The molecule has 9 heteroatoms.